The zero-order chi connectivity index (χ0) is 14.0. The van der Waals surface area contributed by atoms with Gasteiger partial charge in [0.05, 0.1) is 12.0 Å². The minimum absolute atomic E-state index is 0.0518. The molecule has 1 unspecified atom stereocenters. The highest BCUT2D eigenvalue weighted by molar-refractivity contribution is 7.09. The van der Waals surface area contributed by atoms with E-state index < -0.39 is 5.97 Å². The molecule has 6 heteroatoms. The molecule has 1 saturated carbocycles. The van der Waals surface area contributed by atoms with Gasteiger partial charge in [0.2, 0.25) is 5.91 Å². The highest BCUT2D eigenvalue weighted by atomic mass is 32.1. The predicted molar refractivity (Wildman–Crippen MR) is 71.9 cm³/mol. The van der Waals surface area contributed by atoms with E-state index >= 15 is 0 Å². The summed E-state index contributed by atoms with van der Waals surface area (Å²) in [6.07, 6.45) is 1.70. The number of carboxylic acid groups (broad SMARTS) is 1. The number of hydrogen-bond acceptors (Lipinski definition) is 4. The van der Waals surface area contributed by atoms with Crippen molar-refractivity contribution in [2.24, 2.45) is 11.8 Å². The summed E-state index contributed by atoms with van der Waals surface area (Å²) in [4.78, 5) is 27.3. The summed E-state index contributed by atoms with van der Waals surface area (Å²) in [5.41, 5.74) is 0.952. The Morgan fingerprint density at radius 1 is 1.47 bits per heavy atom. The molecule has 2 rings (SSSR count). The van der Waals surface area contributed by atoms with E-state index in [1.54, 1.807) is 0 Å². The number of hydrogen-bond donors (Lipinski definition) is 2. The molecule has 19 heavy (non-hydrogen) atoms. The third-order valence-corrected chi connectivity index (χ3v) is 4.66. The van der Waals surface area contributed by atoms with Crippen molar-refractivity contribution in [3.05, 3.63) is 16.1 Å². The van der Waals surface area contributed by atoms with Crippen LogP contribution in [0.15, 0.2) is 5.38 Å². The van der Waals surface area contributed by atoms with Crippen LogP contribution in [0.4, 0.5) is 0 Å². The lowest BCUT2D eigenvalue weighted by molar-refractivity contribution is -0.141. The fourth-order valence-corrected chi connectivity index (χ4v) is 3.21. The van der Waals surface area contributed by atoms with Gasteiger partial charge in [0.25, 0.3) is 0 Å². The van der Waals surface area contributed by atoms with Crippen LogP contribution in [0.25, 0.3) is 0 Å². The van der Waals surface area contributed by atoms with Gasteiger partial charge in [0.1, 0.15) is 5.01 Å². The molecule has 0 radical (unpaired) electrons. The summed E-state index contributed by atoms with van der Waals surface area (Å²) in [6, 6.07) is -0.116. The van der Waals surface area contributed by atoms with Crippen molar-refractivity contribution in [2.75, 3.05) is 0 Å². The Bertz CT molecular complexity index is 486. The maximum Gasteiger partial charge on any atom is 0.306 e. The Morgan fingerprint density at radius 3 is 2.68 bits per heavy atom. The lowest BCUT2D eigenvalue weighted by Gasteiger charge is -2.15. The van der Waals surface area contributed by atoms with Gasteiger partial charge >= 0.3 is 5.97 Å². The molecule has 5 nitrogen and oxygen atoms in total. The van der Waals surface area contributed by atoms with Gasteiger partial charge in [0, 0.05) is 17.0 Å². The van der Waals surface area contributed by atoms with E-state index in [0.29, 0.717) is 19.3 Å². The second kappa shape index (κ2) is 5.69. The molecule has 1 heterocycles. The number of aryl methyl sites for hydroxylation is 1. The molecule has 104 valence electrons. The van der Waals surface area contributed by atoms with Gasteiger partial charge < -0.3 is 10.4 Å². The molecule has 1 aromatic rings. The fourth-order valence-electron chi connectivity index (χ4n) is 2.41. The lowest BCUT2D eigenvalue weighted by Crippen LogP contribution is -2.32. The molecule has 3 atom stereocenters. The Labute approximate surface area is 116 Å². The fraction of sp³-hybridized carbons (Fsp3) is 0.615. The molecule has 1 aliphatic rings. The summed E-state index contributed by atoms with van der Waals surface area (Å²) < 4.78 is 0. The number of carbonyl (C=O) groups excluding carboxylic acids is 1. The molecule has 0 saturated heterocycles. The van der Waals surface area contributed by atoms with Crippen molar-refractivity contribution < 1.29 is 14.7 Å². The molecule has 2 N–H and O–H groups in total. The van der Waals surface area contributed by atoms with Crippen LogP contribution < -0.4 is 5.32 Å². The molecule has 0 bridgehead atoms. The zero-order valence-corrected chi connectivity index (χ0v) is 11.9. The standard InChI is InChI=1S/C13H18N2O3S/c1-7-6-19-12(14-7)8(2)15-11(16)9-3-4-10(5-9)13(17)18/h6,8-10H,3-5H2,1-2H3,(H,15,16)(H,17,18)/t8?,9-,10+/m1/s1. The number of rotatable bonds is 4. The molecule has 1 aliphatic carbocycles. The summed E-state index contributed by atoms with van der Waals surface area (Å²) in [6.45, 7) is 3.82. The maximum atomic E-state index is 12.1. The van der Waals surface area contributed by atoms with E-state index in [4.69, 9.17) is 5.11 Å². The van der Waals surface area contributed by atoms with Crippen molar-refractivity contribution in [3.63, 3.8) is 0 Å². The zero-order valence-electron chi connectivity index (χ0n) is 11.0. The summed E-state index contributed by atoms with van der Waals surface area (Å²) in [5, 5.41) is 14.7. The van der Waals surface area contributed by atoms with Crippen molar-refractivity contribution in [3.8, 4) is 0 Å². The minimum atomic E-state index is -0.793. The summed E-state index contributed by atoms with van der Waals surface area (Å²) in [7, 11) is 0. The van der Waals surface area contributed by atoms with Crippen molar-refractivity contribution in [1.29, 1.82) is 0 Å². The number of aromatic nitrogens is 1. The first-order chi connectivity index (χ1) is 8.97. The number of nitrogens with one attached hydrogen (secondary N) is 1. The first kappa shape index (κ1) is 14.0. The average molecular weight is 282 g/mol. The molecule has 0 aliphatic heterocycles. The van der Waals surface area contributed by atoms with Crippen LogP contribution in [0.1, 0.15) is 42.9 Å². The normalized spacial score (nSPS) is 24.1. The van der Waals surface area contributed by atoms with Gasteiger partial charge in [-0.2, -0.15) is 0 Å². The van der Waals surface area contributed by atoms with Gasteiger partial charge in [-0.05, 0) is 33.1 Å². The second-order valence-electron chi connectivity index (χ2n) is 5.10. The Hall–Kier alpha value is -1.43. The number of thiazole rings is 1. The molecular formula is C13H18N2O3S. The molecular weight excluding hydrogens is 264 g/mol. The van der Waals surface area contributed by atoms with E-state index in [9.17, 15) is 9.59 Å². The van der Waals surface area contributed by atoms with E-state index in [-0.39, 0.29) is 23.8 Å². The van der Waals surface area contributed by atoms with Crippen LogP contribution in [0.2, 0.25) is 0 Å². The van der Waals surface area contributed by atoms with Gasteiger partial charge in [-0.15, -0.1) is 11.3 Å². The average Bonchev–Trinajstić information content (AvgIpc) is 2.96. The van der Waals surface area contributed by atoms with Gasteiger partial charge in [-0.3, -0.25) is 9.59 Å². The minimum Gasteiger partial charge on any atom is -0.481 e. The second-order valence-corrected chi connectivity index (χ2v) is 5.99. The van der Waals surface area contributed by atoms with E-state index in [1.165, 1.54) is 11.3 Å². The van der Waals surface area contributed by atoms with Crippen LogP contribution in [-0.2, 0) is 9.59 Å². The van der Waals surface area contributed by atoms with Crippen LogP contribution in [0.3, 0.4) is 0 Å². The molecule has 1 aromatic heterocycles. The van der Waals surface area contributed by atoms with Gasteiger partial charge in [-0.1, -0.05) is 0 Å². The largest absolute Gasteiger partial charge is 0.481 e. The van der Waals surface area contributed by atoms with E-state index in [0.717, 1.165) is 10.7 Å². The number of carbonyl (C=O) groups is 2. The van der Waals surface area contributed by atoms with Gasteiger partial charge in [0.15, 0.2) is 0 Å². The van der Waals surface area contributed by atoms with Crippen molar-refractivity contribution in [1.82, 2.24) is 10.3 Å². The quantitative estimate of drug-likeness (QED) is 0.886. The third-order valence-electron chi connectivity index (χ3n) is 3.52. The number of nitrogens with zero attached hydrogens (tertiary/aromatic N) is 1. The summed E-state index contributed by atoms with van der Waals surface area (Å²) >= 11 is 1.53. The Morgan fingerprint density at radius 2 is 2.16 bits per heavy atom. The first-order valence-corrected chi connectivity index (χ1v) is 7.30. The van der Waals surface area contributed by atoms with Crippen LogP contribution >= 0.6 is 11.3 Å². The number of amides is 1. The molecule has 1 amide bonds. The number of aliphatic carboxylic acids is 1. The Kier molecular flexibility index (Phi) is 4.19. The smallest absolute Gasteiger partial charge is 0.306 e. The molecule has 1 fully saturated rings. The highest BCUT2D eigenvalue weighted by Crippen LogP contribution is 2.31. The third kappa shape index (κ3) is 3.32. The Balaban J connectivity index is 1.89. The molecule has 0 spiro atoms. The van der Waals surface area contributed by atoms with E-state index in [1.807, 2.05) is 19.2 Å². The van der Waals surface area contributed by atoms with Crippen LogP contribution in [-0.4, -0.2) is 22.0 Å². The monoisotopic (exact) mass is 282 g/mol. The molecule has 0 aromatic carbocycles. The first-order valence-electron chi connectivity index (χ1n) is 6.42. The summed E-state index contributed by atoms with van der Waals surface area (Å²) in [5.74, 6) is -1.39. The van der Waals surface area contributed by atoms with E-state index in [2.05, 4.69) is 10.3 Å². The van der Waals surface area contributed by atoms with Crippen molar-refractivity contribution >= 4 is 23.2 Å². The van der Waals surface area contributed by atoms with Crippen LogP contribution in [0.5, 0.6) is 0 Å². The predicted octanol–water partition coefficient (Wildman–Crippen LogP) is 2.13. The number of carboxylic acids is 1. The van der Waals surface area contributed by atoms with Crippen molar-refractivity contribution in [2.45, 2.75) is 39.2 Å². The van der Waals surface area contributed by atoms with Gasteiger partial charge in [-0.25, -0.2) is 4.98 Å². The SMILES string of the molecule is Cc1csc(C(C)NC(=O)[C@@H]2CC[C@H](C(=O)O)C2)n1. The van der Waals surface area contributed by atoms with Crippen LogP contribution in [0, 0.1) is 18.8 Å². The highest BCUT2D eigenvalue weighted by Gasteiger charge is 2.34. The lowest BCUT2D eigenvalue weighted by atomic mass is 10.0. The maximum absolute atomic E-state index is 12.1. The topological polar surface area (TPSA) is 79.3 Å².